The normalized spacial score (nSPS) is 14.1. The van der Waals surface area contributed by atoms with Crippen molar-refractivity contribution in [2.24, 2.45) is 0 Å². The second-order valence-electron chi connectivity index (χ2n) is 8.75. The number of aryl methyl sites for hydroxylation is 3. The van der Waals surface area contributed by atoms with Gasteiger partial charge in [0.1, 0.15) is 5.76 Å². The van der Waals surface area contributed by atoms with Gasteiger partial charge in [0.25, 0.3) is 10.0 Å². The minimum atomic E-state index is -4.01. The van der Waals surface area contributed by atoms with Crippen molar-refractivity contribution in [2.45, 2.75) is 51.3 Å². The number of nitrogens with one attached hydrogen (secondary N) is 1. The molecule has 0 saturated carbocycles. The Bertz CT molecular complexity index is 1320. The molecule has 0 spiro atoms. The third kappa shape index (κ3) is 5.05. The molecule has 1 fully saturated rings. The number of sulfonamides is 1. The molecule has 1 aliphatic heterocycles. The lowest BCUT2D eigenvalue weighted by Crippen LogP contribution is -2.30. The van der Waals surface area contributed by atoms with Crippen molar-refractivity contribution >= 4 is 27.4 Å². The molecule has 1 aliphatic rings. The molecule has 35 heavy (non-hydrogen) atoms. The maximum Gasteiger partial charge on any atom is 0.337 e. The van der Waals surface area contributed by atoms with E-state index < -0.39 is 16.0 Å². The van der Waals surface area contributed by atoms with Crippen LogP contribution in [0.4, 0.5) is 11.4 Å². The van der Waals surface area contributed by atoms with Gasteiger partial charge in [-0.1, -0.05) is 24.2 Å². The Morgan fingerprint density at radius 2 is 1.86 bits per heavy atom. The predicted octanol–water partition coefficient (Wildman–Crippen LogP) is 5.10. The number of nitrogens with zero attached hydrogens (tertiary/aromatic N) is 2. The summed E-state index contributed by atoms with van der Waals surface area (Å²) in [5.41, 5.74) is 4.51. The zero-order valence-electron chi connectivity index (χ0n) is 20.6. The first-order chi connectivity index (χ1) is 16.7. The van der Waals surface area contributed by atoms with E-state index in [1.165, 1.54) is 13.2 Å². The Balaban J connectivity index is 1.82. The molecule has 0 aliphatic carbocycles. The molecule has 4 rings (SSSR count). The van der Waals surface area contributed by atoms with Crippen LogP contribution in [-0.4, -0.2) is 39.7 Å². The van der Waals surface area contributed by atoms with E-state index in [-0.39, 0.29) is 10.5 Å². The number of carbonyl (C=O) groups excluding carboxylic acids is 1. The molecule has 0 atom stereocenters. The van der Waals surface area contributed by atoms with Crippen molar-refractivity contribution < 1.29 is 22.5 Å². The largest absolute Gasteiger partial charge is 0.465 e. The smallest absolute Gasteiger partial charge is 0.337 e. The summed E-state index contributed by atoms with van der Waals surface area (Å²) in [4.78, 5) is 14.4. The summed E-state index contributed by atoms with van der Waals surface area (Å²) < 4.78 is 40.4. The van der Waals surface area contributed by atoms with Gasteiger partial charge in [-0.3, -0.25) is 4.72 Å². The van der Waals surface area contributed by atoms with Crippen molar-refractivity contribution in [3.63, 3.8) is 0 Å². The zero-order valence-corrected chi connectivity index (χ0v) is 21.4. The molecule has 2 aromatic carbocycles. The number of esters is 1. The number of aromatic nitrogens is 1. The number of carbonyl (C=O) groups is 1. The van der Waals surface area contributed by atoms with Gasteiger partial charge >= 0.3 is 5.97 Å². The Hall–Kier alpha value is -3.33. The van der Waals surface area contributed by atoms with E-state index in [0.29, 0.717) is 23.4 Å². The van der Waals surface area contributed by atoms with Gasteiger partial charge < -0.3 is 14.2 Å². The maximum atomic E-state index is 13.7. The molecule has 3 aromatic rings. The quantitative estimate of drug-likeness (QED) is 0.453. The van der Waals surface area contributed by atoms with E-state index in [4.69, 9.17) is 9.26 Å². The second kappa shape index (κ2) is 10.1. The standard InChI is InChI=1S/C26H31N3O5S/c1-5-19-9-10-21(26(30)33-4)16-24(19)35(31,32)28-22-15-20(25-17(2)27-34-18(25)3)11-12-23(22)29-13-7-6-8-14-29/h9-12,15-16,28H,5-8,13-14H2,1-4H3. The number of hydrogen-bond acceptors (Lipinski definition) is 7. The van der Waals surface area contributed by atoms with Crippen LogP contribution in [0, 0.1) is 13.8 Å². The van der Waals surface area contributed by atoms with Gasteiger partial charge in [-0.25, -0.2) is 13.2 Å². The number of benzene rings is 2. The Kier molecular flexibility index (Phi) is 7.16. The molecule has 0 unspecified atom stereocenters. The highest BCUT2D eigenvalue weighted by Gasteiger charge is 2.24. The summed E-state index contributed by atoms with van der Waals surface area (Å²) in [6, 6.07) is 10.4. The number of methoxy groups -OCH3 is 1. The average Bonchev–Trinajstić information content (AvgIpc) is 3.21. The van der Waals surface area contributed by atoms with Crippen LogP contribution in [0.2, 0.25) is 0 Å². The van der Waals surface area contributed by atoms with Crippen LogP contribution in [0.15, 0.2) is 45.8 Å². The molecule has 2 heterocycles. The van der Waals surface area contributed by atoms with Gasteiger partial charge in [0.05, 0.1) is 34.6 Å². The van der Waals surface area contributed by atoms with Gasteiger partial charge in [-0.05, 0) is 74.9 Å². The van der Waals surface area contributed by atoms with Gasteiger partial charge in [0.15, 0.2) is 0 Å². The summed E-state index contributed by atoms with van der Waals surface area (Å²) in [6.45, 7) is 7.29. The third-order valence-corrected chi connectivity index (χ3v) is 7.87. The van der Waals surface area contributed by atoms with Crippen LogP contribution in [0.5, 0.6) is 0 Å². The molecular weight excluding hydrogens is 466 g/mol. The number of ether oxygens (including phenoxy) is 1. The number of rotatable bonds is 7. The molecule has 186 valence electrons. The first-order valence-electron chi connectivity index (χ1n) is 11.8. The molecule has 8 nitrogen and oxygen atoms in total. The summed E-state index contributed by atoms with van der Waals surface area (Å²) in [7, 11) is -2.74. The molecule has 9 heteroatoms. The highest BCUT2D eigenvalue weighted by molar-refractivity contribution is 7.92. The first kappa shape index (κ1) is 24.8. The van der Waals surface area contributed by atoms with Crippen molar-refractivity contribution in [1.29, 1.82) is 0 Å². The van der Waals surface area contributed by atoms with Crippen molar-refractivity contribution in [1.82, 2.24) is 5.16 Å². The number of anilines is 2. The first-order valence-corrected chi connectivity index (χ1v) is 13.3. The monoisotopic (exact) mass is 497 g/mol. The van der Waals surface area contributed by atoms with Gasteiger partial charge in [-0.2, -0.15) is 0 Å². The van der Waals surface area contributed by atoms with Crippen LogP contribution >= 0.6 is 0 Å². The maximum absolute atomic E-state index is 13.7. The SMILES string of the molecule is CCc1ccc(C(=O)OC)cc1S(=O)(=O)Nc1cc(-c2c(C)noc2C)ccc1N1CCCCC1. The van der Waals surface area contributed by atoms with E-state index in [0.717, 1.165) is 54.9 Å². The van der Waals surface area contributed by atoms with Crippen LogP contribution in [0.25, 0.3) is 11.1 Å². The van der Waals surface area contributed by atoms with Crippen LogP contribution in [0.3, 0.4) is 0 Å². The molecular formula is C26H31N3O5S. The van der Waals surface area contributed by atoms with E-state index in [2.05, 4.69) is 14.8 Å². The summed E-state index contributed by atoms with van der Waals surface area (Å²) in [5.74, 6) is 0.0830. The van der Waals surface area contributed by atoms with Crippen molar-refractivity contribution in [3.8, 4) is 11.1 Å². The third-order valence-electron chi connectivity index (χ3n) is 6.42. The summed E-state index contributed by atoms with van der Waals surface area (Å²) >= 11 is 0. The highest BCUT2D eigenvalue weighted by Crippen LogP contribution is 2.37. The fraction of sp³-hybridized carbons (Fsp3) is 0.385. The fourth-order valence-corrected chi connectivity index (χ4v) is 6.02. The average molecular weight is 498 g/mol. The molecule has 0 radical (unpaired) electrons. The molecule has 1 saturated heterocycles. The molecule has 1 aromatic heterocycles. The number of hydrogen-bond donors (Lipinski definition) is 1. The Labute approximate surface area is 206 Å². The molecule has 0 bridgehead atoms. The minimum absolute atomic E-state index is 0.0650. The van der Waals surface area contributed by atoms with Gasteiger partial charge in [-0.15, -0.1) is 0 Å². The fourth-order valence-electron chi connectivity index (χ4n) is 4.62. The van der Waals surface area contributed by atoms with Crippen molar-refractivity contribution in [3.05, 3.63) is 59.0 Å². The number of piperidine rings is 1. The Morgan fingerprint density at radius 3 is 2.49 bits per heavy atom. The summed E-state index contributed by atoms with van der Waals surface area (Å²) in [6.07, 6.45) is 3.77. The van der Waals surface area contributed by atoms with E-state index in [9.17, 15) is 13.2 Å². The zero-order chi connectivity index (χ0) is 25.2. The highest BCUT2D eigenvalue weighted by atomic mass is 32.2. The predicted molar refractivity (Wildman–Crippen MR) is 135 cm³/mol. The van der Waals surface area contributed by atoms with Crippen molar-refractivity contribution in [2.75, 3.05) is 29.8 Å². The van der Waals surface area contributed by atoms with Crippen LogP contribution < -0.4 is 9.62 Å². The lowest BCUT2D eigenvalue weighted by atomic mass is 10.0. The van der Waals surface area contributed by atoms with Gasteiger partial charge in [0, 0.05) is 18.7 Å². The van der Waals surface area contributed by atoms with Crippen LogP contribution in [-0.2, 0) is 21.2 Å². The van der Waals surface area contributed by atoms with Gasteiger partial charge in [0.2, 0.25) is 0 Å². The van der Waals surface area contributed by atoms with E-state index in [1.54, 1.807) is 12.1 Å². The minimum Gasteiger partial charge on any atom is -0.465 e. The topological polar surface area (TPSA) is 102 Å². The van der Waals surface area contributed by atoms with E-state index in [1.807, 2.05) is 39.0 Å². The second-order valence-corrected chi connectivity index (χ2v) is 10.4. The molecule has 0 amide bonds. The lowest BCUT2D eigenvalue weighted by Gasteiger charge is -2.31. The Morgan fingerprint density at radius 1 is 1.11 bits per heavy atom. The lowest BCUT2D eigenvalue weighted by molar-refractivity contribution is 0.0600. The van der Waals surface area contributed by atoms with Crippen LogP contribution in [0.1, 0.15) is 53.6 Å². The summed E-state index contributed by atoms with van der Waals surface area (Å²) in [5, 5.41) is 4.05. The van der Waals surface area contributed by atoms with E-state index >= 15 is 0 Å². The molecule has 1 N–H and O–H groups in total.